The monoisotopic (exact) mass is 201 g/mol. The molecule has 5 heteroatoms. The van der Waals surface area contributed by atoms with E-state index in [1.54, 1.807) is 6.20 Å². The van der Waals surface area contributed by atoms with Crippen molar-refractivity contribution in [2.45, 2.75) is 6.54 Å². The number of halogens is 1. The quantitative estimate of drug-likeness (QED) is 0.700. The molecule has 0 amide bonds. The smallest absolute Gasteiger partial charge is 0.113 e. The molecule has 0 N–H and O–H groups in total. The molecule has 0 spiro atoms. The number of nitriles is 1. The molecule has 1 aromatic heterocycles. The van der Waals surface area contributed by atoms with Gasteiger partial charge in [-0.1, -0.05) is 11.6 Å². The van der Waals surface area contributed by atoms with Gasteiger partial charge in [0.25, 0.3) is 0 Å². The highest BCUT2D eigenvalue weighted by Crippen LogP contribution is 2.18. The molecule has 0 aliphatic carbocycles. The molecule has 64 valence electrons. The van der Waals surface area contributed by atoms with E-state index in [4.69, 9.17) is 16.9 Å². The van der Waals surface area contributed by atoms with E-state index < -0.39 is 0 Å². The van der Waals surface area contributed by atoms with Crippen molar-refractivity contribution < 1.29 is 0 Å². The molecule has 0 fully saturated rings. The van der Waals surface area contributed by atoms with E-state index in [1.165, 1.54) is 11.3 Å². The van der Waals surface area contributed by atoms with Crippen LogP contribution in [0.15, 0.2) is 6.20 Å². The average molecular weight is 202 g/mol. The molecule has 1 rings (SSSR count). The van der Waals surface area contributed by atoms with E-state index >= 15 is 0 Å². The van der Waals surface area contributed by atoms with Gasteiger partial charge in [0.2, 0.25) is 0 Å². The summed E-state index contributed by atoms with van der Waals surface area (Å²) in [5, 5.41) is 9.33. The highest BCUT2D eigenvalue weighted by Gasteiger charge is 2.03. The molecular weight excluding hydrogens is 194 g/mol. The summed E-state index contributed by atoms with van der Waals surface area (Å²) in [6, 6.07) is 2.06. The van der Waals surface area contributed by atoms with Gasteiger partial charge >= 0.3 is 0 Å². The number of aromatic nitrogens is 1. The Morgan fingerprint density at radius 1 is 1.83 bits per heavy atom. The van der Waals surface area contributed by atoms with Crippen molar-refractivity contribution in [3.63, 3.8) is 0 Å². The molecule has 0 aliphatic heterocycles. The predicted octanol–water partition coefficient (Wildman–Crippen LogP) is 1.75. The molecule has 0 aliphatic rings. The molecule has 0 saturated heterocycles. The highest BCUT2D eigenvalue weighted by atomic mass is 35.5. The maximum atomic E-state index is 8.39. The van der Waals surface area contributed by atoms with Crippen molar-refractivity contribution >= 4 is 22.9 Å². The molecule has 0 radical (unpaired) electrons. The Labute approximate surface area is 80.2 Å². The van der Waals surface area contributed by atoms with Crippen LogP contribution < -0.4 is 0 Å². The molecule has 3 nitrogen and oxygen atoms in total. The predicted molar refractivity (Wildman–Crippen MR) is 49.1 cm³/mol. The minimum atomic E-state index is 0.414. The Bertz CT molecular complexity index is 291. The van der Waals surface area contributed by atoms with Crippen LogP contribution in [0.25, 0.3) is 0 Å². The summed E-state index contributed by atoms with van der Waals surface area (Å²) >= 11 is 7.14. The van der Waals surface area contributed by atoms with E-state index in [-0.39, 0.29) is 0 Å². The van der Waals surface area contributed by atoms with Crippen LogP contribution in [-0.2, 0) is 6.54 Å². The first kappa shape index (κ1) is 9.46. The van der Waals surface area contributed by atoms with Crippen molar-refractivity contribution in [3.05, 3.63) is 15.5 Å². The van der Waals surface area contributed by atoms with Crippen molar-refractivity contribution in [1.82, 2.24) is 9.88 Å². The normalized spacial score (nSPS) is 10.2. The number of rotatable bonds is 3. The average Bonchev–Trinajstić information content (AvgIpc) is 2.36. The van der Waals surface area contributed by atoms with Crippen molar-refractivity contribution in [1.29, 1.82) is 5.26 Å². The van der Waals surface area contributed by atoms with Gasteiger partial charge in [0.05, 0.1) is 25.4 Å². The molecule has 0 unspecified atom stereocenters. The Morgan fingerprint density at radius 3 is 3.08 bits per heavy atom. The first-order chi connectivity index (χ1) is 5.72. The largest absolute Gasteiger partial charge is 0.287 e. The van der Waals surface area contributed by atoms with Crippen LogP contribution >= 0.6 is 22.9 Å². The van der Waals surface area contributed by atoms with Crippen LogP contribution in [0.1, 0.15) is 5.01 Å². The summed E-state index contributed by atoms with van der Waals surface area (Å²) < 4.78 is 0.690. The molecule has 0 aromatic carbocycles. The van der Waals surface area contributed by atoms with E-state index in [1.807, 2.05) is 11.9 Å². The lowest BCUT2D eigenvalue weighted by molar-refractivity contribution is 0.367. The second kappa shape index (κ2) is 4.41. The van der Waals surface area contributed by atoms with Gasteiger partial charge in [-0.25, -0.2) is 4.98 Å². The molecule has 1 heterocycles. The van der Waals surface area contributed by atoms with Gasteiger partial charge in [0.15, 0.2) is 0 Å². The molecule has 0 atom stereocenters. The zero-order valence-corrected chi connectivity index (χ0v) is 8.19. The van der Waals surface area contributed by atoms with E-state index in [2.05, 4.69) is 11.1 Å². The molecule has 1 aromatic rings. The number of thiazole rings is 1. The third-order valence-corrected chi connectivity index (χ3v) is 2.37. The van der Waals surface area contributed by atoms with Crippen LogP contribution in [0.3, 0.4) is 0 Å². The summed E-state index contributed by atoms with van der Waals surface area (Å²) in [4.78, 5) is 5.96. The van der Waals surface area contributed by atoms with Crippen LogP contribution in [0, 0.1) is 11.3 Å². The molecule has 12 heavy (non-hydrogen) atoms. The van der Waals surface area contributed by atoms with Crippen LogP contribution in [0.5, 0.6) is 0 Å². The summed E-state index contributed by atoms with van der Waals surface area (Å²) in [6.07, 6.45) is 1.63. The molecule has 0 bridgehead atoms. The van der Waals surface area contributed by atoms with Crippen molar-refractivity contribution in [2.24, 2.45) is 0 Å². The van der Waals surface area contributed by atoms with Gasteiger partial charge < -0.3 is 0 Å². The van der Waals surface area contributed by atoms with Gasteiger partial charge in [0, 0.05) is 0 Å². The fraction of sp³-hybridized carbons (Fsp3) is 0.429. The third-order valence-electron chi connectivity index (χ3n) is 1.27. The van der Waals surface area contributed by atoms with Crippen molar-refractivity contribution in [3.8, 4) is 6.07 Å². The Balaban J connectivity index is 2.47. The van der Waals surface area contributed by atoms with E-state index in [0.29, 0.717) is 17.4 Å². The van der Waals surface area contributed by atoms with E-state index in [0.717, 1.165) is 5.01 Å². The number of hydrogen-bond donors (Lipinski definition) is 0. The lowest BCUT2D eigenvalue weighted by Gasteiger charge is -2.08. The van der Waals surface area contributed by atoms with Gasteiger partial charge in [-0.3, -0.25) is 4.90 Å². The van der Waals surface area contributed by atoms with Crippen molar-refractivity contribution in [2.75, 3.05) is 13.6 Å². The fourth-order valence-corrected chi connectivity index (χ4v) is 1.81. The van der Waals surface area contributed by atoms with Gasteiger partial charge in [-0.15, -0.1) is 11.3 Å². The summed E-state index contributed by atoms with van der Waals surface area (Å²) in [5.74, 6) is 0. The van der Waals surface area contributed by atoms with Crippen LogP contribution in [0.2, 0.25) is 4.34 Å². The summed E-state index contributed by atoms with van der Waals surface area (Å²) in [7, 11) is 1.87. The first-order valence-electron chi connectivity index (χ1n) is 3.38. The standard InChI is InChI=1S/C7H8ClN3S/c1-11(3-2-9)5-7-10-4-6(8)12-7/h4H,3,5H2,1H3. The first-order valence-corrected chi connectivity index (χ1v) is 4.57. The fourth-order valence-electron chi connectivity index (χ4n) is 0.769. The number of hydrogen-bond acceptors (Lipinski definition) is 4. The Hall–Kier alpha value is -0.630. The van der Waals surface area contributed by atoms with Gasteiger partial charge in [-0.2, -0.15) is 5.26 Å². The Kier molecular flexibility index (Phi) is 3.48. The summed E-state index contributed by atoms with van der Waals surface area (Å²) in [6.45, 7) is 1.10. The lowest BCUT2D eigenvalue weighted by atomic mass is 10.5. The highest BCUT2D eigenvalue weighted by molar-refractivity contribution is 7.15. The second-order valence-electron chi connectivity index (χ2n) is 2.39. The van der Waals surface area contributed by atoms with Gasteiger partial charge in [0.1, 0.15) is 9.34 Å². The zero-order valence-electron chi connectivity index (χ0n) is 6.62. The molecular formula is C7H8ClN3S. The second-order valence-corrected chi connectivity index (χ2v) is 4.14. The van der Waals surface area contributed by atoms with Crippen LogP contribution in [0.4, 0.5) is 0 Å². The SMILES string of the molecule is CN(CC#N)Cc1ncc(Cl)s1. The topological polar surface area (TPSA) is 39.9 Å². The molecule has 0 saturated carbocycles. The summed E-state index contributed by atoms with van der Waals surface area (Å²) in [5.41, 5.74) is 0. The lowest BCUT2D eigenvalue weighted by Crippen LogP contribution is -2.17. The maximum Gasteiger partial charge on any atom is 0.113 e. The zero-order chi connectivity index (χ0) is 8.97. The third kappa shape index (κ3) is 2.78. The van der Waals surface area contributed by atoms with E-state index in [9.17, 15) is 0 Å². The number of nitrogens with zero attached hydrogens (tertiary/aromatic N) is 3. The minimum Gasteiger partial charge on any atom is -0.287 e. The minimum absolute atomic E-state index is 0.414. The van der Waals surface area contributed by atoms with Crippen LogP contribution in [-0.4, -0.2) is 23.5 Å². The van der Waals surface area contributed by atoms with Gasteiger partial charge in [-0.05, 0) is 7.05 Å². The Morgan fingerprint density at radius 2 is 2.58 bits per heavy atom. The maximum absolute atomic E-state index is 8.39.